The van der Waals surface area contributed by atoms with Gasteiger partial charge < -0.3 is 15.0 Å². The fourth-order valence-electron chi connectivity index (χ4n) is 2.73. The lowest BCUT2D eigenvalue weighted by Gasteiger charge is -2.14. The molecule has 0 radical (unpaired) electrons. The molecule has 0 fully saturated rings. The summed E-state index contributed by atoms with van der Waals surface area (Å²) in [5.74, 6) is 0.575. The zero-order valence-electron chi connectivity index (χ0n) is 16.8. The van der Waals surface area contributed by atoms with Crippen LogP contribution in [0.5, 0.6) is 5.75 Å². The van der Waals surface area contributed by atoms with Gasteiger partial charge in [0.1, 0.15) is 5.75 Å². The van der Waals surface area contributed by atoms with Gasteiger partial charge >= 0.3 is 0 Å². The van der Waals surface area contributed by atoms with Gasteiger partial charge in [-0.25, -0.2) is 4.98 Å². The monoisotopic (exact) mass is 409 g/mol. The van der Waals surface area contributed by atoms with E-state index in [2.05, 4.69) is 15.3 Å². The minimum atomic E-state index is -0.441. The van der Waals surface area contributed by atoms with E-state index in [0.717, 1.165) is 28.1 Å². The lowest BCUT2D eigenvalue weighted by Crippen LogP contribution is -2.23. The second kappa shape index (κ2) is 8.96. The number of anilines is 1. The van der Waals surface area contributed by atoms with Gasteiger partial charge in [0.15, 0.2) is 5.16 Å². The number of aryl methyl sites for hydroxylation is 2. The number of carbonyl (C=O) groups is 1. The number of carbonyl (C=O) groups excluding carboxylic acids is 1. The molecule has 1 unspecified atom stereocenters. The Hall–Kier alpha value is -3.06. The molecule has 2 aromatic carbocycles. The SMILES string of the molecule is COc1ccc(-c2cc(=O)[nH]c(SC(C)C(=O)Nc3cc(C)ccc3C)n2)cc1. The van der Waals surface area contributed by atoms with E-state index in [1.165, 1.54) is 17.8 Å². The number of hydrogen-bond acceptors (Lipinski definition) is 5. The number of thioether (sulfide) groups is 1. The first kappa shape index (κ1) is 20.7. The topological polar surface area (TPSA) is 84.1 Å². The Labute approximate surface area is 173 Å². The van der Waals surface area contributed by atoms with Crippen molar-refractivity contribution in [1.29, 1.82) is 0 Å². The van der Waals surface area contributed by atoms with E-state index < -0.39 is 5.25 Å². The van der Waals surface area contributed by atoms with Gasteiger partial charge in [0.05, 0.1) is 18.1 Å². The molecule has 6 nitrogen and oxygen atoms in total. The lowest BCUT2D eigenvalue weighted by molar-refractivity contribution is -0.115. The van der Waals surface area contributed by atoms with E-state index in [1.807, 2.05) is 56.3 Å². The van der Waals surface area contributed by atoms with E-state index in [4.69, 9.17) is 4.74 Å². The minimum Gasteiger partial charge on any atom is -0.497 e. The van der Waals surface area contributed by atoms with Gasteiger partial charge in [0, 0.05) is 17.3 Å². The molecule has 1 amide bonds. The molecule has 3 aromatic rings. The maximum absolute atomic E-state index is 12.6. The molecule has 7 heteroatoms. The number of amides is 1. The average Bonchev–Trinajstić information content (AvgIpc) is 2.70. The molecule has 0 spiro atoms. The molecule has 1 atom stereocenters. The van der Waals surface area contributed by atoms with Crippen LogP contribution in [0.2, 0.25) is 0 Å². The van der Waals surface area contributed by atoms with E-state index in [1.54, 1.807) is 14.0 Å². The maximum atomic E-state index is 12.6. The molecule has 0 saturated heterocycles. The van der Waals surface area contributed by atoms with Crippen LogP contribution in [0.1, 0.15) is 18.1 Å². The number of aromatic amines is 1. The fourth-order valence-corrected chi connectivity index (χ4v) is 3.54. The summed E-state index contributed by atoms with van der Waals surface area (Å²) in [6.45, 7) is 5.71. The Morgan fingerprint density at radius 2 is 1.86 bits per heavy atom. The van der Waals surface area contributed by atoms with Gasteiger partial charge in [0.2, 0.25) is 5.91 Å². The number of H-pyrrole nitrogens is 1. The van der Waals surface area contributed by atoms with Crippen LogP contribution in [-0.4, -0.2) is 28.2 Å². The van der Waals surface area contributed by atoms with Crippen molar-refractivity contribution in [3.05, 3.63) is 70.0 Å². The average molecular weight is 410 g/mol. The van der Waals surface area contributed by atoms with Crippen molar-refractivity contribution in [2.24, 2.45) is 0 Å². The van der Waals surface area contributed by atoms with Crippen LogP contribution in [0.25, 0.3) is 11.3 Å². The number of nitrogens with one attached hydrogen (secondary N) is 2. The van der Waals surface area contributed by atoms with Crippen molar-refractivity contribution in [1.82, 2.24) is 9.97 Å². The normalized spacial score (nSPS) is 11.7. The molecule has 0 aliphatic carbocycles. The smallest absolute Gasteiger partial charge is 0.252 e. The van der Waals surface area contributed by atoms with Crippen LogP contribution in [0.3, 0.4) is 0 Å². The largest absolute Gasteiger partial charge is 0.497 e. The number of hydrogen-bond donors (Lipinski definition) is 2. The molecule has 3 rings (SSSR count). The third-order valence-electron chi connectivity index (χ3n) is 4.41. The first-order chi connectivity index (χ1) is 13.9. The second-order valence-electron chi connectivity index (χ2n) is 6.73. The number of rotatable bonds is 6. The zero-order valence-corrected chi connectivity index (χ0v) is 17.6. The van der Waals surface area contributed by atoms with E-state index in [-0.39, 0.29) is 11.5 Å². The molecule has 1 aromatic heterocycles. The van der Waals surface area contributed by atoms with Gasteiger partial charge in [-0.2, -0.15) is 0 Å². The summed E-state index contributed by atoms with van der Waals surface area (Å²) in [4.78, 5) is 31.9. The highest BCUT2D eigenvalue weighted by atomic mass is 32.2. The molecular formula is C22H23N3O3S. The van der Waals surface area contributed by atoms with Gasteiger partial charge in [-0.05, 0) is 62.2 Å². The summed E-state index contributed by atoms with van der Waals surface area (Å²) in [5, 5.41) is 2.91. The minimum absolute atomic E-state index is 0.152. The summed E-state index contributed by atoms with van der Waals surface area (Å²) in [6.07, 6.45) is 0. The number of nitrogens with zero attached hydrogens (tertiary/aromatic N) is 1. The first-order valence-electron chi connectivity index (χ1n) is 9.16. The van der Waals surface area contributed by atoms with Crippen molar-refractivity contribution >= 4 is 23.4 Å². The quantitative estimate of drug-likeness (QED) is 0.471. The highest BCUT2D eigenvalue weighted by Gasteiger charge is 2.17. The molecule has 150 valence electrons. The van der Waals surface area contributed by atoms with Crippen molar-refractivity contribution < 1.29 is 9.53 Å². The molecule has 0 bridgehead atoms. The summed E-state index contributed by atoms with van der Waals surface area (Å²) in [7, 11) is 1.60. The Morgan fingerprint density at radius 1 is 1.14 bits per heavy atom. The fraction of sp³-hybridized carbons (Fsp3) is 0.227. The van der Waals surface area contributed by atoms with Crippen molar-refractivity contribution in [3.8, 4) is 17.0 Å². The Morgan fingerprint density at radius 3 is 2.55 bits per heavy atom. The van der Waals surface area contributed by atoms with Crippen molar-refractivity contribution in [2.75, 3.05) is 12.4 Å². The predicted molar refractivity (Wildman–Crippen MR) is 117 cm³/mol. The second-order valence-corrected chi connectivity index (χ2v) is 8.06. The molecule has 29 heavy (non-hydrogen) atoms. The summed E-state index contributed by atoms with van der Waals surface area (Å²) < 4.78 is 5.16. The van der Waals surface area contributed by atoms with Gasteiger partial charge in [-0.15, -0.1) is 0 Å². The molecule has 0 saturated carbocycles. The lowest BCUT2D eigenvalue weighted by atomic mass is 10.1. The highest BCUT2D eigenvalue weighted by molar-refractivity contribution is 8.00. The molecule has 0 aliphatic heterocycles. The summed E-state index contributed by atoms with van der Waals surface area (Å²) >= 11 is 1.21. The Bertz CT molecular complexity index is 1080. The number of ether oxygens (including phenoxy) is 1. The van der Waals surface area contributed by atoms with Crippen LogP contribution < -0.4 is 15.6 Å². The molecule has 2 N–H and O–H groups in total. The van der Waals surface area contributed by atoms with Crippen LogP contribution in [0.4, 0.5) is 5.69 Å². The Balaban J connectivity index is 1.76. The third-order valence-corrected chi connectivity index (χ3v) is 5.40. The zero-order chi connectivity index (χ0) is 21.0. The summed E-state index contributed by atoms with van der Waals surface area (Å²) in [5.41, 5.74) is 3.93. The first-order valence-corrected chi connectivity index (χ1v) is 10.0. The predicted octanol–water partition coefficient (Wildman–Crippen LogP) is 4.18. The molecule has 1 heterocycles. The highest BCUT2D eigenvalue weighted by Crippen LogP contribution is 2.25. The Kier molecular flexibility index (Phi) is 6.39. The maximum Gasteiger partial charge on any atom is 0.252 e. The number of benzene rings is 2. The standard InChI is InChI=1S/C22H23N3O3S/c1-13-5-6-14(2)18(11-13)23-21(27)15(3)29-22-24-19(12-20(26)25-22)16-7-9-17(28-4)10-8-16/h5-12,15H,1-4H3,(H,23,27)(H,24,25,26). The number of methoxy groups -OCH3 is 1. The number of aromatic nitrogens is 2. The van der Waals surface area contributed by atoms with Gasteiger partial charge in [-0.3, -0.25) is 9.59 Å². The van der Waals surface area contributed by atoms with Crippen molar-refractivity contribution in [2.45, 2.75) is 31.2 Å². The summed E-state index contributed by atoms with van der Waals surface area (Å²) in [6, 6.07) is 14.7. The third kappa shape index (κ3) is 5.26. The van der Waals surface area contributed by atoms with E-state index >= 15 is 0 Å². The van der Waals surface area contributed by atoms with Gasteiger partial charge in [0.25, 0.3) is 5.56 Å². The van der Waals surface area contributed by atoms with Crippen LogP contribution in [0.15, 0.2) is 58.5 Å². The van der Waals surface area contributed by atoms with Crippen molar-refractivity contribution in [3.63, 3.8) is 0 Å². The molecule has 0 aliphatic rings. The van der Waals surface area contributed by atoms with Crippen LogP contribution in [0, 0.1) is 13.8 Å². The van der Waals surface area contributed by atoms with E-state index in [0.29, 0.717) is 10.9 Å². The van der Waals surface area contributed by atoms with Crippen LogP contribution >= 0.6 is 11.8 Å². The van der Waals surface area contributed by atoms with Gasteiger partial charge in [-0.1, -0.05) is 23.9 Å². The molecular weight excluding hydrogens is 386 g/mol. The van der Waals surface area contributed by atoms with E-state index in [9.17, 15) is 9.59 Å². The van der Waals surface area contributed by atoms with Crippen LogP contribution in [-0.2, 0) is 4.79 Å².